The normalized spacial score (nSPS) is 16.6. The molecule has 1 fully saturated rings. The number of hydrogen-bond acceptors (Lipinski definition) is 5. The van der Waals surface area contributed by atoms with Crippen molar-refractivity contribution in [2.45, 2.75) is 50.5 Å². The molecule has 1 N–H and O–H groups in total. The lowest BCUT2D eigenvalue weighted by Crippen LogP contribution is -2.56. The van der Waals surface area contributed by atoms with Crippen LogP contribution in [0.25, 0.3) is 0 Å². The number of rotatable bonds is 6. The van der Waals surface area contributed by atoms with Gasteiger partial charge in [0.2, 0.25) is 5.91 Å². The van der Waals surface area contributed by atoms with Crippen LogP contribution < -0.4 is 5.32 Å². The molecular weight excluding hydrogens is 338 g/mol. The fourth-order valence-electron chi connectivity index (χ4n) is 2.87. The van der Waals surface area contributed by atoms with E-state index in [1.807, 2.05) is 0 Å². The number of carbonyl (C=O) groups excluding carboxylic acids is 3. The van der Waals surface area contributed by atoms with E-state index in [9.17, 15) is 14.4 Å². The Morgan fingerprint density at radius 1 is 1.22 bits per heavy atom. The summed E-state index contributed by atoms with van der Waals surface area (Å²) in [7, 11) is 1.33. The number of nitrogens with one attached hydrogen (secondary N) is 1. The summed E-state index contributed by atoms with van der Waals surface area (Å²) in [6, 6.07) is 3.32. The number of thiophene rings is 1. The van der Waals surface area contributed by atoms with Crippen LogP contribution in [0.4, 0.5) is 0 Å². The van der Waals surface area contributed by atoms with Gasteiger partial charge in [-0.3, -0.25) is 9.59 Å². The van der Waals surface area contributed by atoms with Crippen molar-refractivity contribution in [3.63, 3.8) is 0 Å². The van der Waals surface area contributed by atoms with Gasteiger partial charge in [0.05, 0.1) is 16.3 Å². The Morgan fingerprint density at radius 2 is 1.91 bits per heavy atom. The Morgan fingerprint density at radius 3 is 2.48 bits per heavy atom. The van der Waals surface area contributed by atoms with Crippen LogP contribution in [0.15, 0.2) is 12.1 Å². The maximum atomic E-state index is 12.2. The highest BCUT2D eigenvalue weighted by molar-refractivity contribution is 7.18. The highest BCUT2D eigenvalue weighted by Gasteiger charge is 2.41. The minimum absolute atomic E-state index is 0.0487. The van der Waals surface area contributed by atoms with E-state index in [4.69, 9.17) is 16.3 Å². The minimum atomic E-state index is -0.931. The Balaban J connectivity index is 1.91. The first-order valence-electron chi connectivity index (χ1n) is 7.65. The van der Waals surface area contributed by atoms with Gasteiger partial charge in [-0.05, 0) is 25.0 Å². The quantitative estimate of drug-likeness (QED) is 0.626. The monoisotopic (exact) mass is 357 g/mol. The van der Waals surface area contributed by atoms with Crippen LogP contribution in [0.1, 0.15) is 54.6 Å². The fraction of sp³-hybridized carbons (Fsp3) is 0.562. The Hall–Kier alpha value is -1.40. The molecule has 1 saturated carbocycles. The molecule has 23 heavy (non-hydrogen) atoms. The van der Waals surface area contributed by atoms with E-state index in [2.05, 4.69) is 5.32 Å². The van der Waals surface area contributed by atoms with Crippen LogP contribution >= 0.6 is 22.9 Å². The Kier molecular flexibility index (Phi) is 6.18. The largest absolute Gasteiger partial charge is 0.467 e. The molecule has 0 aromatic carbocycles. The summed E-state index contributed by atoms with van der Waals surface area (Å²) in [4.78, 5) is 36.8. The topological polar surface area (TPSA) is 72.5 Å². The standard InChI is InChI=1S/C16H20ClNO4S/c1-22-15(21)16(9-3-2-4-10-16)18-14(20)8-5-11(19)12-6-7-13(17)23-12/h6-7H,2-5,8-10H2,1H3,(H,18,20). The van der Waals surface area contributed by atoms with Gasteiger partial charge in [-0.1, -0.05) is 30.9 Å². The van der Waals surface area contributed by atoms with Gasteiger partial charge in [-0.15, -0.1) is 11.3 Å². The molecular formula is C16H20ClNO4S. The first-order valence-corrected chi connectivity index (χ1v) is 8.84. The van der Waals surface area contributed by atoms with Gasteiger partial charge < -0.3 is 10.1 Å². The van der Waals surface area contributed by atoms with Gasteiger partial charge in [-0.25, -0.2) is 4.79 Å². The van der Waals surface area contributed by atoms with Crippen molar-refractivity contribution in [1.29, 1.82) is 0 Å². The molecule has 0 spiro atoms. The molecule has 1 heterocycles. The van der Waals surface area contributed by atoms with E-state index < -0.39 is 11.5 Å². The van der Waals surface area contributed by atoms with Gasteiger partial charge in [0.15, 0.2) is 5.78 Å². The molecule has 126 valence electrons. The van der Waals surface area contributed by atoms with Crippen molar-refractivity contribution in [3.05, 3.63) is 21.3 Å². The Bertz CT molecular complexity index is 593. The number of carbonyl (C=O) groups is 3. The summed E-state index contributed by atoms with van der Waals surface area (Å²) in [5, 5.41) is 2.81. The van der Waals surface area contributed by atoms with Crippen LogP contribution in [0.3, 0.4) is 0 Å². The summed E-state index contributed by atoms with van der Waals surface area (Å²) in [6.45, 7) is 0. The number of ether oxygens (including phenoxy) is 1. The molecule has 0 atom stereocenters. The second kappa shape index (κ2) is 7.93. The van der Waals surface area contributed by atoms with Gasteiger partial charge in [0.25, 0.3) is 0 Å². The van der Waals surface area contributed by atoms with E-state index in [1.165, 1.54) is 18.4 Å². The molecule has 0 saturated heterocycles. The van der Waals surface area contributed by atoms with Crippen molar-refractivity contribution in [2.75, 3.05) is 7.11 Å². The number of hydrogen-bond donors (Lipinski definition) is 1. The molecule has 1 aromatic heterocycles. The van der Waals surface area contributed by atoms with Crippen LogP contribution in [0.2, 0.25) is 4.34 Å². The zero-order chi connectivity index (χ0) is 16.9. The van der Waals surface area contributed by atoms with Crippen molar-refractivity contribution >= 4 is 40.6 Å². The number of methoxy groups -OCH3 is 1. The lowest BCUT2D eigenvalue weighted by atomic mass is 9.81. The second-order valence-corrected chi connectivity index (χ2v) is 7.42. The molecule has 7 heteroatoms. The van der Waals surface area contributed by atoms with E-state index in [1.54, 1.807) is 12.1 Å². The second-order valence-electron chi connectivity index (χ2n) is 5.71. The zero-order valence-electron chi connectivity index (χ0n) is 13.0. The lowest BCUT2D eigenvalue weighted by molar-refractivity contribution is -0.152. The summed E-state index contributed by atoms with van der Waals surface area (Å²) >= 11 is 7.00. The number of esters is 1. The van der Waals surface area contributed by atoms with E-state index in [0.717, 1.165) is 19.3 Å². The van der Waals surface area contributed by atoms with Crippen molar-refractivity contribution in [1.82, 2.24) is 5.32 Å². The zero-order valence-corrected chi connectivity index (χ0v) is 14.6. The number of amides is 1. The summed E-state index contributed by atoms with van der Waals surface area (Å²) in [6.07, 6.45) is 4.11. The molecule has 1 amide bonds. The van der Waals surface area contributed by atoms with Crippen molar-refractivity contribution in [2.24, 2.45) is 0 Å². The van der Waals surface area contributed by atoms with Gasteiger partial charge in [-0.2, -0.15) is 0 Å². The number of halogens is 1. The fourth-order valence-corrected chi connectivity index (χ4v) is 3.89. The lowest BCUT2D eigenvalue weighted by Gasteiger charge is -2.35. The van der Waals surface area contributed by atoms with Gasteiger partial charge >= 0.3 is 5.97 Å². The third-order valence-corrected chi connectivity index (χ3v) is 5.36. The summed E-state index contributed by atoms with van der Waals surface area (Å²) < 4.78 is 5.40. The average molecular weight is 358 g/mol. The highest BCUT2D eigenvalue weighted by Crippen LogP contribution is 2.29. The van der Waals surface area contributed by atoms with Crippen LogP contribution in [0.5, 0.6) is 0 Å². The Labute approximate surface area is 144 Å². The van der Waals surface area contributed by atoms with Gasteiger partial charge in [0.1, 0.15) is 5.54 Å². The van der Waals surface area contributed by atoms with Crippen LogP contribution in [-0.2, 0) is 14.3 Å². The first kappa shape index (κ1) is 17.9. The van der Waals surface area contributed by atoms with Crippen LogP contribution in [0, 0.1) is 0 Å². The van der Waals surface area contributed by atoms with Gasteiger partial charge in [0, 0.05) is 12.8 Å². The molecule has 1 aliphatic rings. The van der Waals surface area contributed by atoms with E-state index in [-0.39, 0.29) is 24.5 Å². The molecule has 0 bridgehead atoms. The molecule has 1 aromatic rings. The van der Waals surface area contributed by atoms with Crippen molar-refractivity contribution in [3.8, 4) is 0 Å². The minimum Gasteiger partial charge on any atom is -0.467 e. The average Bonchev–Trinajstić information content (AvgIpc) is 2.99. The molecule has 2 rings (SSSR count). The molecule has 5 nitrogen and oxygen atoms in total. The predicted molar refractivity (Wildman–Crippen MR) is 88.9 cm³/mol. The van der Waals surface area contributed by atoms with E-state index in [0.29, 0.717) is 22.1 Å². The summed E-state index contributed by atoms with van der Waals surface area (Å²) in [5.41, 5.74) is -0.931. The molecule has 0 radical (unpaired) electrons. The molecule has 0 unspecified atom stereocenters. The predicted octanol–water partition coefficient (Wildman–Crippen LogP) is 3.36. The van der Waals surface area contributed by atoms with Crippen molar-refractivity contribution < 1.29 is 19.1 Å². The number of ketones is 1. The molecule has 1 aliphatic carbocycles. The highest BCUT2D eigenvalue weighted by atomic mass is 35.5. The maximum absolute atomic E-state index is 12.2. The summed E-state index contributed by atoms with van der Waals surface area (Å²) in [5.74, 6) is -0.817. The van der Waals surface area contributed by atoms with E-state index >= 15 is 0 Å². The third kappa shape index (κ3) is 4.54. The number of Topliss-reactive ketones (excluding diaryl/α,β-unsaturated/α-hetero) is 1. The SMILES string of the molecule is COC(=O)C1(NC(=O)CCC(=O)c2ccc(Cl)s2)CCCCC1. The first-order chi connectivity index (χ1) is 11.0. The molecule has 0 aliphatic heterocycles. The maximum Gasteiger partial charge on any atom is 0.331 e. The van der Waals surface area contributed by atoms with Crippen LogP contribution in [-0.4, -0.2) is 30.3 Å². The third-order valence-electron chi connectivity index (χ3n) is 4.09. The smallest absolute Gasteiger partial charge is 0.331 e.